The molecule has 0 aromatic rings. The van der Waals surface area contributed by atoms with Crippen LogP contribution in [-0.4, -0.2) is 23.7 Å². The van der Waals surface area contributed by atoms with E-state index in [4.69, 9.17) is 11.6 Å². The van der Waals surface area contributed by atoms with Crippen molar-refractivity contribution >= 4 is 17.6 Å². The summed E-state index contributed by atoms with van der Waals surface area (Å²) in [6, 6.07) is -0.224. The highest BCUT2D eigenvalue weighted by Crippen LogP contribution is 2.22. The standard InChI is InChI=1S/C7H12ClNO5/c1-7(2,6(10)13-5-8)3-4-14-9(11)12/h3-5H2,1-2H3. The first kappa shape index (κ1) is 13.0. The summed E-state index contributed by atoms with van der Waals surface area (Å²) < 4.78 is 4.57. The number of nitrogens with zero attached hydrogens (tertiary/aromatic N) is 1. The van der Waals surface area contributed by atoms with Gasteiger partial charge in [-0.05, 0) is 20.3 Å². The molecule has 0 fully saturated rings. The Hall–Kier alpha value is -1.04. The van der Waals surface area contributed by atoms with Gasteiger partial charge in [0.15, 0.2) is 6.07 Å². The van der Waals surface area contributed by atoms with Crippen LogP contribution in [0.15, 0.2) is 0 Å². The van der Waals surface area contributed by atoms with Crippen molar-refractivity contribution in [3.63, 3.8) is 0 Å². The zero-order valence-corrected chi connectivity index (χ0v) is 8.74. The monoisotopic (exact) mass is 225 g/mol. The first-order valence-electron chi connectivity index (χ1n) is 3.90. The summed E-state index contributed by atoms with van der Waals surface area (Å²) in [6.07, 6.45) is 0.198. The molecule has 0 N–H and O–H groups in total. The topological polar surface area (TPSA) is 78.7 Å². The van der Waals surface area contributed by atoms with Crippen molar-refractivity contribution in [2.75, 3.05) is 12.7 Å². The molecule has 0 aromatic heterocycles. The van der Waals surface area contributed by atoms with Gasteiger partial charge in [-0.25, -0.2) is 0 Å². The number of ether oxygens (including phenoxy) is 1. The van der Waals surface area contributed by atoms with Crippen LogP contribution in [0.5, 0.6) is 0 Å². The Kier molecular flexibility index (Phi) is 5.22. The fraction of sp³-hybridized carbons (Fsp3) is 0.857. The second kappa shape index (κ2) is 5.64. The van der Waals surface area contributed by atoms with E-state index in [0.29, 0.717) is 0 Å². The third-order valence-electron chi connectivity index (χ3n) is 1.66. The molecule has 0 heterocycles. The molecule has 0 atom stereocenters. The zero-order chi connectivity index (χ0) is 11.2. The van der Waals surface area contributed by atoms with E-state index >= 15 is 0 Å². The van der Waals surface area contributed by atoms with Gasteiger partial charge in [-0.3, -0.25) is 4.79 Å². The first-order chi connectivity index (χ1) is 6.40. The maximum atomic E-state index is 11.2. The van der Waals surface area contributed by atoms with E-state index in [1.54, 1.807) is 13.8 Å². The molecule has 0 aliphatic rings. The summed E-state index contributed by atoms with van der Waals surface area (Å²) in [5.74, 6) is -0.501. The van der Waals surface area contributed by atoms with E-state index in [1.165, 1.54) is 0 Å². The minimum absolute atomic E-state index is 0.141. The van der Waals surface area contributed by atoms with Gasteiger partial charge in [0, 0.05) is 0 Å². The molecule has 82 valence electrons. The van der Waals surface area contributed by atoms with E-state index < -0.39 is 16.5 Å². The highest BCUT2D eigenvalue weighted by molar-refractivity contribution is 6.17. The van der Waals surface area contributed by atoms with Crippen LogP contribution in [0.3, 0.4) is 0 Å². The van der Waals surface area contributed by atoms with Gasteiger partial charge < -0.3 is 9.57 Å². The van der Waals surface area contributed by atoms with E-state index in [-0.39, 0.29) is 19.1 Å². The van der Waals surface area contributed by atoms with Crippen LogP contribution in [0.4, 0.5) is 0 Å². The number of hydrogen-bond donors (Lipinski definition) is 0. The molecule has 0 amide bonds. The fourth-order valence-electron chi connectivity index (χ4n) is 0.722. The molecule has 0 rings (SSSR count). The van der Waals surface area contributed by atoms with Crippen molar-refractivity contribution in [2.24, 2.45) is 5.41 Å². The second-order valence-electron chi connectivity index (χ2n) is 3.23. The summed E-state index contributed by atoms with van der Waals surface area (Å²) in [7, 11) is 0. The minimum Gasteiger partial charge on any atom is -0.449 e. The van der Waals surface area contributed by atoms with Gasteiger partial charge in [0.1, 0.15) is 0 Å². The van der Waals surface area contributed by atoms with Crippen LogP contribution in [0.1, 0.15) is 20.3 Å². The van der Waals surface area contributed by atoms with Crippen LogP contribution < -0.4 is 0 Å². The Bertz CT molecular complexity index is 218. The molecule has 14 heavy (non-hydrogen) atoms. The van der Waals surface area contributed by atoms with Crippen molar-refractivity contribution in [3.05, 3.63) is 10.1 Å². The molecular formula is C7H12ClNO5. The Morgan fingerprint density at radius 2 is 2.14 bits per heavy atom. The number of hydrogen-bond acceptors (Lipinski definition) is 5. The zero-order valence-electron chi connectivity index (χ0n) is 7.99. The molecule has 0 aliphatic heterocycles. The Balaban J connectivity index is 3.93. The molecule has 0 radical (unpaired) electrons. The highest BCUT2D eigenvalue weighted by atomic mass is 35.5. The van der Waals surface area contributed by atoms with Crippen molar-refractivity contribution in [3.8, 4) is 0 Å². The van der Waals surface area contributed by atoms with E-state index in [9.17, 15) is 14.9 Å². The van der Waals surface area contributed by atoms with Crippen molar-refractivity contribution in [1.29, 1.82) is 0 Å². The Morgan fingerprint density at radius 1 is 1.57 bits per heavy atom. The number of carbonyl (C=O) groups excluding carboxylic acids is 1. The Morgan fingerprint density at radius 3 is 2.57 bits per heavy atom. The van der Waals surface area contributed by atoms with Gasteiger partial charge in [0.2, 0.25) is 0 Å². The van der Waals surface area contributed by atoms with E-state index in [2.05, 4.69) is 9.57 Å². The van der Waals surface area contributed by atoms with Gasteiger partial charge in [-0.2, -0.15) is 0 Å². The molecule has 7 heteroatoms. The molecular weight excluding hydrogens is 214 g/mol. The largest absolute Gasteiger partial charge is 0.449 e. The highest BCUT2D eigenvalue weighted by Gasteiger charge is 2.29. The lowest BCUT2D eigenvalue weighted by atomic mass is 9.90. The van der Waals surface area contributed by atoms with E-state index in [1.807, 2.05) is 0 Å². The molecule has 0 aromatic carbocycles. The van der Waals surface area contributed by atoms with Gasteiger partial charge in [0.05, 0.1) is 12.0 Å². The third kappa shape index (κ3) is 4.86. The number of halogens is 1. The van der Waals surface area contributed by atoms with Crippen LogP contribution in [0, 0.1) is 15.5 Å². The summed E-state index contributed by atoms with van der Waals surface area (Å²) in [5.41, 5.74) is -0.828. The van der Waals surface area contributed by atoms with Crippen molar-refractivity contribution < 1.29 is 19.5 Å². The van der Waals surface area contributed by atoms with Crippen molar-refractivity contribution in [2.45, 2.75) is 20.3 Å². The molecule has 0 spiro atoms. The van der Waals surface area contributed by atoms with E-state index in [0.717, 1.165) is 0 Å². The lowest BCUT2D eigenvalue weighted by Crippen LogP contribution is -2.28. The first-order valence-corrected chi connectivity index (χ1v) is 4.44. The third-order valence-corrected chi connectivity index (χ3v) is 1.77. The molecule has 6 nitrogen and oxygen atoms in total. The predicted octanol–water partition coefficient (Wildman–Crippen LogP) is 1.35. The number of esters is 1. The maximum absolute atomic E-state index is 11.2. The molecule has 0 saturated heterocycles. The van der Waals surface area contributed by atoms with Gasteiger partial charge in [-0.15, -0.1) is 10.1 Å². The molecule has 0 aliphatic carbocycles. The number of alkyl halides is 1. The van der Waals surface area contributed by atoms with Gasteiger partial charge >= 0.3 is 5.97 Å². The number of rotatable bonds is 6. The fourth-order valence-corrected chi connectivity index (χ4v) is 0.821. The summed E-state index contributed by atoms with van der Waals surface area (Å²) in [4.78, 5) is 25.1. The van der Waals surface area contributed by atoms with Crippen LogP contribution >= 0.6 is 11.6 Å². The molecule has 0 bridgehead atoms. The van der Waals surface area contributed by atoms with Crippen LogP contribution in [-0.2, 0) is 14.4 Å². The average molecular weight is 226 g/mol. The van der Waals surface area contributed by atoms with Gasteiger partial charge in [0.25, 0.3) is 5.09 Å². The minimum atomic E-state index is -0.900. The summed E-state index contributed by atoms with van der Waals surface area (Å²) in [5, 5.41) is 8.93. The quantitative estimate of drug-likeness (QED) is 0.295. The summed E-state index contributed by atoms with van der Waals surface area (Å²) in [6.45, 7) is 3.06. The van der Waals surface area contributed by atoms with Crippen molar-refractivity contribution in [1.82, 2.24) is 0 Å². The number of carbonyl (C=O) groups is 1. The Labute approximate surface area is 86.2 Å². The lowest BCUT2D eigenvalue weighted by molar-refractivity contribution is -0.758. The SMILES string of the molecule is CC(C)(CCO[N+](=O)[O-])C(=O)OCCl. The predicted molar refractivity (Wildman–Crippen MR) is 48.2 cm³/mol. The van der Waals surface area contributed by atoms with Crippen LogP contribution in [0.2, 0.25) is 0 Å². The second-order valence-corrected chi connectivity index (χ2v) is 3.45. The lowest BCUT2D eigenvalue weighted by Gasteiger charge is -2.20. The normalized spacial score (nSPS) is 10.8. The maximum Gasteiger partial charge on any atom is 0.312 e. The summed E-state index contributed by atoms with van der Waals surface area (Å²) >= 11 is 5.20. The van der Waals surface area contributed by atoms with Gasteiger partial charge in [-0.1, -0.05) is 11.6 Å². The average Bonchev–Trinajstić information content (AvgIpc) is 2.03. The molecule has 0 unspecified atom stereocenters. The van der Waals surface area contributed by atoms with Crippen LogP contribution in [0.25, 0.3) is 0 Å². The molecule has 0 saturated carbocycles. The smallest absolute Gasteiger partial charge is 0.312 e.